The van der Waals surface area contributed by atoms with E-state index in [1.165, 1.54) is 12.8 Å². The molecule has 1 saturated carbocycles. The van der Waals surface area contributed by atoms with Crippen molar-refractivity contribution in [1.82, 2.24) is 10.2 Å². The summed E-state index contributed by atoms with van der Waals surface area (Å²) >= 11 is 0. The lowest BCUT2D eigenvalue weighted by atomic mass is 10.3. The summed E-state index contributed by atoms with van der Waals surface area (Å²) in [4.78, 5) is 2.10. The van der Waals surface area contributed by atoms with Crippen LogP contribution in [0, 0.1) is 0 Å². The highest BCUT2D eigenvalue weighted by molar-refractivity contribution is 5.04. The fraction of sp³-hybridized carbons (Fsp3) is 0.667. The van der Waals surface area contributed by atoms with E-state index in [-0.39, 0.29) is 6.10 Å². The molecule has 4 heteroatoms. The fourth-order valence-corrected chi connectivity index (χ4v) is 1.77. The minimum Gasteiger partial charge on any atom is -0.472 e. The molecule has 1 unspecified atom stereocenters. The number of aliphatic hydroxyl groups excluding tert-OH is 1. The molecule has 16 heavy (non-hydrogen) atoms. The SMILES string of the molecule is CN(Cc1ccoc1)CC(O)CNC1CC1. The molecule has 1 atom stereocenters. The van der Waals surface area contributed by atoms with Crippen LogP contribution in [-0.2, 0) is 6.54 Å². The third kappa shape index (κ3) is 3.96. The second-order valence-corrected chi connectivity index (χ2v) is 4.66. The summed E-state index contributed by atoms with van der Waals surface area (Å²) in [6, 6.07) is 2.61. The summed E-state index contributed by atoms with van der Waals surface area (Å²) in [7, 11) is 2.01. The Kier molecular flexibility index (Phi) is 3.98. The van der Waals surface area contributed by atoms with Crippen LogP contribution in [0.1, 0.15) is 18.4 Å². The molecule has 1 aliphatic rings. The van der Waals surface area contributed by atoms with E-state index in [1.807, 2.05) is 13.1 Å². The van der Waals surface area contributed by atoms with Crippen LogP contribution in [0.4, 0.5) is 0 Å². The number of likely N-dealkylation sites (N-methyl/N-ethyl adjacent to an activating group) is 1. The average molecular weight is 224 g/mol. The van der Waals surface area contributed by atoms with Gasteiger partial charge in [0.05, 0.1) is 18.6 Å². The maximum absolute atomic E-state index is 9.80. The van der Waals surface area contributed by atoms with Gasteiger partial charge >= 0.3 is 0 Å². The zero-order chi connectivity index (χ0) is 11.4. The van der Waals surface area contributed by atoms with Gasteiger partial charge in [0.25, 0.3) is 0 Å². The Hall–Kier alpha value is -0.840. The molecule has 0 saturated heterocycles. The van der Waals surface area contributed by atoms with Gasteiger partial charge in [-0.25, -0.2) is 0 Å². The van der Waals surface area contributed by atoms with Gasteiger partial charge in [-0.05, 0) is 26.0 Å². The number of rotatable bonds is 7. The molecule has 0 aliphatic heterocycles. The van der Waals surface area contributed by atoms with Gasteiger partial charge in [0, 0.05) is 31.2 Å². The van der Waals surface area contributed by atoms with Gasteiger partial charge in [-0.2, -0.15) is 0 Å². The zero-order valence-corrected chi connectivity index (χ0v) is 9.72. The largest absolute Gasteiger partial charge is 0.472 e. The minimum atomic E-state index is -0.294. The van der Waals surface area contributed by atoms with Gasteiger partial charge in [-0.3, -0.25) is 4.90 Å². The topological polar surface area (TPSA) is 48.6 Å². The Morgan fingerprint density at radius 1 is 1.62 bits per heavy atom. The van der Waals surface area contributed by atoms with Crippen molar-refractivity contribution in [3.8, 4) is 0 Å². The minimum absolute atomic E-state index is 0.294. The average Bonchev–Trinajstić information content (AvgIpc) is 2.94. The van der Waals surface area contributed by atoms with Crippen LogP contribution in [0.15, 0.2) is 23.0 Å². The molecular formula is C12H20N2O2. The van der Waals surface area contributed by atoms with E-state index in [9.17, 15) is 5.11 Å². The van der Waals surface area contributed by atoms with Crippen molar-refractivity contribution in [1.29, 1.82) is 0 Å². The number of nitrogens with zero attached hydrogens (tertiary/aromatic N) is 1. The number of nitrogens with one attached hydrogen (secondary N) is 1. The molecule has 1 aliphatic carbocycles. The summed E-state index contributed by atoms with van der Waals surface area (Å²) in [5.41, 5.74) is 1.14. The van der Waals surface area contributed by atoms with E-state index in [2.05, 4.69) is 10.2 Å². The van der Waals surface area contributed by atoms with Crippen molar-refractivity contribution < 1.29 is 9.52 Å². The quantitative estimate of drug-likeness (QED) is 0.720. The first-order valence-corrected chi connectivity index (χ1v) is 5.85. The highest BCUT2D eigenvalue weighted by atomic mass is 16.3. The van der Waals surface area contributed by atoms with E-state index in [0.717, 1.165) is 12.1 Å². The van der Waals surface area contributed by atoms with Crippen LogP contribution in [0.3, 0.4) is 0 Å². The molecule has 2 N–H and O–H groups in total. The molecule has 0 radical (unpaired) electrons. The summed E-state index contributed by atoms with van der Waals surface area (Å²) in [6.07, 6.45) is 5.65. The van der Waals surface area contributed by atoms with Crippen LogP contribution >= 0.6 is 0 Å². The monoisotopic (exact) mass is 224 g/mol. The normalized spacial score (nSPS) is 17.9. The molecular weight excluding hydrogens is 204 g/mol. The van der Waals surface area contributed by atoms with Crippen molar-refractivity contribution in [2.45, 2.75) is 31.5 Å². The molecule has 90 valence electrons. The second-order valence-electron chi connectivity index (χ2n) is 4.66. The van der Waals surface area contributed by atoms with Crippen LogP contribution in [0.5, 0.6) is 0 Å². The van der Waals surface area contributed by atoms with Crippen LogP contribution in [0.2, 0.25) is 0 Å². The van der Waals surface area contributed by atoms with Crippen LogP contribution in [0.25, 0.3) is 0 Å². The second kappa shape index (κ2) is 5.48. The lowest BCUT2D eigenvalue weighted by molar-refractivity contribution is 0.121. The molecule has 0 spiro atoms. The Morgan fingerprint density at radius 3 is 3.06 bits per heavy atom. The standard InChI is InChI=1S/C12H20N2O2/c1-14(7-10-4-5-16-9-10)8-12(15)6-13-11-2-3-11/h4-5,9,11-13,15H,2-3,6-8H2,1H3. The summed E-state index contributed by atoms with van der Waals surface area (Å²) in [5.74, 6) is 0. The first-order valence-electron chi connectivity index (χ1n) is 5.85. The van der Waals surface area contributed by atoms with E-state index in [4.69, 9.17) is 4.42 Å². The molecule has 0 aromatic carbocycles. The maximum atomic E-state index is 9.80. The molecule has 1 fully saturated rings. The number of hydrogen-bond donors (Lipinski definition) is 2. The van der Waals surface area contributed by atoms with E-state index < -0.39 is 0 Å². The van der Waals surface area contributed by atoms with Crippen molar-refractivity contribution in [2.24, 2.45) is 0 Å². The van der Waals surface area contributed by atoms with Crippen LogP contribution in [-0.4, -0.2) is 42.3 Å². The molecule has 2 rings (SSSR count). The first kappa shape index (κ1) is 11.6. The molecule has 4 nitrogen and oxygen atoms in total. The Balaban J connectivity index is 1.63. The van der Waals surface area contributed by atoms with Crippen molar-refractivity contribution in [3.05, 3.63) is 24.2 Å². The van der Waals surface area contributed by atoms with Gasteiger partial charge < -0.3 is 14.8 Å². The van der Waals surface area contributed by atoms with Gasteiger partial charge in [0.15, 0.2) is 0 Å². The van der Waals surface area contributed by atoms with Crippen LogP contribution < -0.4 is 5.32 Å². The van der Waals surface area contributed by atoms with Gasteiger partial charge in [-0.1, -0.05) is 0 Å². The van der Waals surface area contributed by atoms with Crippen molar-refractivity contribution in [2.75, 3.05) is 20.1 Å². The highest BCUT2D eigenvalue weighted by Gasteiger charge is 2.21. The summed E-state index contributed by atoms with van der Waals surface area (Å²) in [5, 5.41) is 13.1. The van der Waals surface area contributed by atoms with Gasteiger partial charge in [-0.15, -0.1) is 0 Å². The number of aliphatic hydroxyl groups is 1. The predicted octanol–water partition coefficient (Wildman–Crippen LogP) is 0.824. The molecule has 1 heterocycles. The third-order valence-electron chi connectivity index (χ3n) is 2.77. The summed E-state index contributed by atoms with van der Waals surface area (Å²) in [6.45, 7) is 2.20. The van der Waals surface area contributed by atoms with Crippen molar-refractivity contribution >= 4 is 0 Å². The lowest BCUT2D eigenvalue weighted by Gasteiger charge is -2.20. The molecule has 0 amide bonds. The van der Waals surface area contributed by atoms with E-state index in [1.54, 1.807) is 12.5 Å². The number of hydrogen-bond acceptors (Lipinski definition) is 4. The van der Waals surface area contributed by atoms with E-state index >= 15 is 0 Å². The Morgan fingerprint density at radius 2 is 2.44 bits per heavy atom. The Bertz CT molecular complexity index is 296. The molecule has 1 aromatic rings. The van der Waals surface area contributed by atoms with Crippen molar-refractivity contribution in [3.63, 3.8) is 0 Å². The molecule has 0 bridgehead atoms. The number of furan rings is 1. The third-order valence-corrected chi connectivity index (χ3v) is 2.77. The fourth-order valence-electron chi connectivity index (χ4n) is 1.77. The predicted molar refractivity (Wildman–Crippen MR) is 62.1 cm³/mol. The zero-order valence-electron chi connectivity index (χ0n) is 9.72. The summed E-state index contributed by atoms with van der Waals surface area (Å²) < 4.78 is 5.01. The van der Waals surface area contributed by atoms with E-state index in [0.29, 0.717) is 19.1 Å². The van der Waals surface area contributed by atoms with Gasteiger partial charge in [0.1, 0.15) is 0 Å². The maximum Gasteiger partial charge on any atom is 0.0947 e. The first-order chi connectivity index (χ1) is 7.74. The molecule has 1 aromatic heterocycles. The Labute approximate surface area is 96.2 Å². The lowest BCUT2D eigenvalue weighted by Crippen LogP contribution is -2.37. The smallest absolute Gasteiger partial charge is 0.0947 e. The van der Waals surface area contributed by atoms with Gasteiger partial charge in [0.2, 0.25) is 0 Å². The highest BCUT2D eigenvalue weighted by Crippen LogP contribution is 2.18.